The van der Waals surface area contributed by atoms with E-state index in [4.69, 9.17) is 9.47 Å². The Morgan fingerprint density at radius 1 is 0.760 bits per heavy atom. The average Bonchev–Trinajstić information content (AvgIpc) is 2.65. The number of aliphatic hydroxyl groups excluding tert-OH is 2. The largest absolute Gasteiger partial charge is 0.390 e. The summed E-state index contributed by atoms with van der Waals surface area (Å²) in [6.45, 7) is 1.23. The Morgan fingerprint density at radius 2 is 1.36 bits per heavy atom. The van der Waals surface area contributed by atoms with Crippen molar-refractivity contribution in [2.75, 3.05) is 6.61 Å². The van der Waals surface area contributed by atoms with Gasteiger partial charge in [-0.2, -0.15) is 0 Å². The van der Waals surface area contributed by atoms with Crippen LogP contribution >= 0.6 is 0 Å². The maximum absolute atomic E-state index is 10.6. The van der Waals surface area contributed by atoms with Crippen molar-refractivity contribution in [2.24, 2.45) is 5.92 Å². The van der Waals surface area contributed by atoms with Gasteiger partial charge in [0.05, 0.1) is 25.9 Å². The highest BCUT2D eigenvalue weighted by Gasteiger charge is 2.35. The third-order valence-corrected chi connectivity index (χ3v) is 4.37. The van der Waals surface area contributed by atoms with E-state index in [2.05, 4.69) is 0 Å². The number of rotatable bonds is 7. The summed E-state index contributed by atoms with van der Waals surface area (Å²) in [6, 6.07) is 19.6. The molecule has 0 saturated carbocycles. The molecule has 0 saturated heterocycles. The van der Waals surface area contributed by atoms with Crippen molar-refractivity contribution in [3.8, 4) is 0 Å². The van der Waals surface area contributed by atoms with Crippen LogP contribution in [0.25, 0.3) is 0 Å². The average molecular weight is 340 g/mol. The van der Waals surface area contributed by atoms with Crippen LogP contribution < -0.4 is 0 Å². The van der Waals surface area contributed by atoms with Crippen molar-refractivity contribution < 1.29 is 19.7 Å². The molecule has 132 valence electrons. The van der Waals surface area contributed by atoms with Crippen LogP contribution in [0.3, 0.4) is 0 Å². The van der Waals surface area contributed by atoms with E-state index in [-0.39, 0.29) is 5.92 Å². The van der Waals surface area contributed by atoms with E-state index in [0.29, 0.717) is 19.8 Å². The normalized spacial score (nSPS) is 25.8. The maximum atomic E-state index is 10.6. The Balaban J connectivity index is 1.52. The fraction of sp³-hybridized carbons (Fsp3) is 0.333. The Morgan fingerprint density at radius 3 is 2.00 bits per heavy atom. The molecule has 0 spiro atoms. The van der Waals surface area contributed by atoms with Gasteiger partial charge in [0, 0.05) is 5.92 Å². The minimum absolute atomic E-state index is 0.201. The monoisotopic (exact) mass is 340 g/mol. The van der Waals surface area contributed by atoms with Crippen molar-refractivity contribution in [3.05, 3.63) is 83.9 Å². The first-order valence-electron chi connectivity index (χ1n) is 8.55. The molecule has 0 heterocycles. The van der Waals surface area contributed by atoms with Gasteiger partial charge in [-0.15, -0.1) is 0 Å². The van der Waals surface area contributed by atoms with Crippen LogP contribution in [0.1, 0.15) is 11.1 Å². The van der Waals surface area contributed by atoms with E-state index in [1.807, 2.05) is 66.7 Å². The van der Waals surface area contributed by atoms with E-state index in [9.17, 15) is 10.2 Å². The zero-order valence-corrected chi connectivity index (χ0v) is 14.1. The Kier molecular flexibility index (Phi) is 6.36. The third kappa shape index (κ3) is 5.00. The van der Waals surface area contributed by atoms with Gasteiger partial charge in [0.1, 0.15) is 12.2 Å². The minimum Gasteiger partial charge on any atom is -0.390 e. The number of ether oxygens (including phenoxy) is 2. The van der Waals surface area contributed by atoms with Crippen molar-refractivity contribution in [1.82, 2.24) is 0 Å². The molecule has 0 bridgehead atoms. The standard InChI is InChI=1S/C21H24O4/c22-19-12-11-18(15-24-13-16-7-3-1-4-8-16)20(23)21(19)25-14-17-9-5-2-6-10-17/h1-12,18-23H,13-15H2/t18-,19+,20-,21-/m1/s1. The van der Waals surface area contributed by atoms with E-state index < -0.39 is 18.3 Å². The van der Waals surface area contributed by atoms with E-state index >= 15 is 0 Å². The highest BCUT2D eigenvalue weighted by atomic mass is 16.5. The van der Waals surface area contributed by atoms with Gasteiger partial charge in [-0.3, -0.25) is 0 Å². The first-order chi connectivity index (χ1) is 12.2. The molecule has 3 rings (SSSR count). The van der Waals surface area contributed by atoms with E-state index in [1.54, 1.807) is 6.08 Å². The van der Waals surface area contributed by atoms with Gasteiger partial charge in [0.15, 0.2) is 0 Å². The molecule has 1 aliphatic rings. The molecule has 0 aliphatic heterocycles. The van der Waals surface area contributed by atoms with Crippen molar-refractivity contribution >= 4 is 0 Å². The summed E-state index contributed by atoms with van der Waals surface area (Å²) < 4.78 is 11.5. The van der Waals surface area contributed by atoms with E-state index in [0.717, 1.165) is 11.1 Å². The molecular weight excluding hydrogens is 316 g/mol. The second-order valence-electron chi connectivity index (χ2n) is 6.29. The SMILES string of the molecule is O[C@H]1[C@H](OCc2ccccc2)[C@@H](O)C=C[C@@H]1COCc1ccccc1. The Hall–Kier alpha value is -1.98. The molecule has 2 aromatic rings. The summed E-state index contributed by atoms with van der Waals surface area (Å²) in [7, 11) is 0. The molecule has 4 nitrogen and oxygen atoms in total. The molecule has 4 atom stereocenters. The van der Waals surface area contributed by atoms with E-state index in [1.165, 1.54) is 0 Å². The maximum Gasteiger partial charge on any atom is 0.114 e. The second-order valence-corrected chi connectivity index (χ2v) is 6.29. The molecule has 2 aromatic carbocycles. The third-order valence-electron chi connectivity index (χ3n) is 4.37. The smallest absolute Gasteiger partial charge is 0.114 e. The zero-order valence-electron chi connectivity index (χ0n) is 14.1. The van der Waals surface area contributed by atoms with Crippen molar-refractivity contribution in [3.63, 3.8) is 0 Å². The van der Waals surface area contributed by atoms with Crippen LogP contribution in [0.5, 0.6) is 0 Å². The van der Waals surface area contributed by atoms with Gasteiger partial charge in [0.2, 0.25) is 0 Å². The molecule has 2 N–H and O–H groups in total. The van der Waals surface area contributed by atoms with Gasteiger partial charge >= 0.3 is 0 Å². The van der Waals surface area contributed by atoms with Gasteiger partial charge in [-0.25, -0.2) is 0 Å². The van der Waals surface area contributed by atoms with Crippen molar-refractivity contribution in [1.29, 1.82) is 0 Å². The molecule has 0 unspecified atom stereocenters. The van der Waals surface area contributed by atoms with Gasteiger partial charge in [-0.1, -0.05) is 72.8 Å². The van der Waals surface area contributed by atoms with Crippen LogP contribution in [0.2, 0.25) is 0 Å². The van der Waals surface area contributed by atoms with Gasteiger partial charge < -0.3 is 19.7 Å². The topological polar surface area (TPSA) is 58.9 Å². The number of benzene rings is 2. The number of aliphatic hydroxyl groups is 2. The fourth-order valence-corrected chi connectivity index (χ4v) is 2.93. The highest BCUT2D eigenvalue weighted by molar-refractivity contribution is 5.15. The first-order valence-corrected chi connectivity index (χ1v) is 8.55. The second kappa shape index (κ2) is 8.92. The Labute approximate surface area is 148 Å². The summed E-state index contributed by atoms with van der Waals surface area (Å²) in [6.07, 6.45) is 1.21. The minimum atomic E-state index is -0.816. The van der Waals surface area contributed by atoms with Crippen LogP contribution in [0, 0.1) is 5.92 Å². The summed E-state index contributed by atoms with van der Waals surface area (Å²) in [5, 5.41) is 20.7. The Bertz CT molecular complexity index is 656. The molecule has 25 heavy (non-hydrogen) atoms. The molecule has 0 aromatic heterocycles. The zero-order chi connectivity index (χ0) is 17.5. The van der Waals surface area contributed by atoms with Crippen LogP contribution in [0.15, 0.2) is 72.8 Å². The summed E-state index contributed by atoms with van der Waals surface area (Å²) >= 11 is 0. The quantitative estimate of drug-likeness (QED) is 0.761. The lowest BCUT2D eigenvalue weighted by Crippen LogP contribution is -2.46. The summed E-state index contributed by atoms with van der Waals surface area (Å²) in [4.78, 5) is 0. The molecule has 4 heteroatoms. The lowest BCUT2D eigenvalue weighted by atomic mass is 9.89. The fourth-order valence-electron chi connectivity index (χ4n) is 2.93. The predicted octanol–water partition coefficient (Wildman–Crippen LogP) is 2.70. The molecule has 0 radical (unpaired) electrons. The van der Waals surface area contributed by atoms with Gasteiger partial charge in [-0.05, 0) is 11.1 Å². The van der Waals surface area contributed by atoms with Gasteiger partial charge in [0.25, 0.3) is 0 Å². The summed E-state index contributed by atoms with van der Waals surface area (Å²) in [5.74, 6) is -0.201. The molecule has 0 amide bonds. The lowest BCUT2D eigenvalue weighted by Gasteiger charge is -2.34. The number of hydrogen-bond acceptors (Lipinski definition) is 4. The van der Waals surface area contributed by atoms with Crippen molar-refractivity contribution in [2.45, 2.75) is 31.5 Å². The van der Waals surface area contributed by atoms with Crippen LogP contribution in [-0.2, 0) is 22.7 Å². The lowest BCUT2D eigenvalue weighted by molar-refractivity contribution is -0.119. The van der Waals surface area contributed by atoms with Crippen LogP contribution in [0.4, 0.5) is 0 Å². The predicted molar refractivity (Wildman–Crippen MR) is 95.8 cm³/mol. The molecule has 0 fully saturated rings. The molecular formula is C21H24O4. The highest BCUT2D eigenvalue weighted by Crippen LogP contribution is 2.23. The molecule has 1 aliphatic carbocycles. The number of hydrogen-bond donors (Lipinski definition) is 2. The van der Waals surface area contributed by atoms with Crippen LogP contribution in [-0.4, -0.2) is 35.1 Å². The first kappa shape index (κ1) is 17.8. The summed E-state index contributed by atoms with van der Waals surface area (Å²) in [5.41, 5.74) is 2.10.